The van der Waals surface area contributed by atoms with Crippen LogP contribution in [0.2, 0.25) is 0 Å². The van der Waals surface area contributed by atoms with Crippen LogP contribution in [0.1, 0.15) is 30.6 Å². The minimum absolute atomic E-state index is 0. The normalized spacial score (nSPS) is 11.4. The minimum Gasteiger partial charge on any atom is -0.494 e. The first-order valence-corrected chi connectivity index (χ1v) is 13.0. The topological polar surface area (TPSA) is 79.8 Å². The predicted octanol–water partition coefficient (Wildman–Crippen LogP) is 4.51. The fourth-order valence-electron chi connectivity index (χ4n) is 3.24. The average Bonchev–Trinajstić information content (AvgIpc) is 3.19. The van der Waals surface area contributed by atoms with E-state index in [0.717, 1.165) is 28.9 Å². The van der Waals surface area contributed by atoms with Gasteiger partial charge in [-0.05, 0) is 70.4 Å². The third-order valence-corrected chi connectivity index (χ3v) is 7.72. The highest BCUT2D eigenvalue weighted by atomic mass is 35.5. The number of fused-ring (bicyclic) bond motifs is 1. The van der Waals surface area contributed by atoms with E-state index >= 15 is 0 Å². The molecule has 0 aliphatic heterocycles. The van der Waals surface area contributed by atoms with E-state index in [9.17, 15) is 13.2 Å². The number of hydrogen-bond donors (Lipinski definition) is 0. The lowest BCUT2D eigenvalue weighted by molar-refractivity contribution is 0.0986. The molecule has 0 unspecified atom stereocenters. The number of nitrogens with zero attached hydrogens (tertiary/aromatic N) is 3. The van der Waals surface area contributed by atoms with Crippen molar-refractivity contribution >= 4 is 54.8 Å². The molecule has 0 spiro atoms. The summed E-state index contributed by atoms with van der Waals surface area (Å²) in [5.74, 6) is 0.483. The van der Waals surface area contributed by atoms with Gasteiger partial charge in [0.2, 0.25) is 0 Å². The van der Waals surface area contributed by atoms with E-state index in [1.165, 1.54) is 23.5 Å². The Morgan fingerprint density at radius 3 is 2.52 bits per heavy atom. The highest BCUT2D eigenvalue weighted by molar-refractivity contribution is 7.91. The van der Waals surface area contributed by atoms with Crippen LogP contribution in [0, 0.1) is 0 Å². The largest absolute Gasteiger partial charge is 0.494 e. The number of carbonyl (C=O) groups is 1. The molecule has 0 radical (unpaired) electrons. The molecule has 0 N–H and O–H groups in total. The monoisotopic (exact) mass is 511 g/mol. The highest BCUT2D eigenvalue weighted by Crippen LogP contribution is 2.32. The highest BCUT2D eigenvalue weighted by Gasteiger charge is 2.23. The second kappa shape index (κ2) is 11.8. The Morgan fingerprint density at radius 1 is 1.09 bits per heavy atom. The van der Waals surface area contributed by atoms with E-state index < -0.39 is 9.84 Å². The quantitative estimate of drug-likeness (QED) is 0.398. The second-order valence-electron chi connectivity index (χ2n) is 7.60. The molecular formula is C23H30ClN3O4S2. The summed E-state index contributed by atoms with van der Waals surface area (Å²) >= 11 is 1.42. The SMILES string of the molecule is CCOc1ccc2nc(N(CCCN(C)C)C(=O)c3cccc(S(=O)(=O)CC)c3)sc2c1.Cl. The van der Waals surface area contributed by atoms with Crippen molar-refractivity contribution < 1.29 is 17.9 Å². The van der Waals surface area contributed by atoms with Crippen LogP contribution >= 0.6 is 23.7 Å². The molecule has 7 nitrogen and oxygen atoms in total. The second-order valence-corrected chi connectivity index (χ2v) is 10.9. The van der Waals surface area contributed by atoms with Gasteiger partial charge in [-0.25, -0.2) is 13.4 Å². The summed E-state index contributed by atoms with van der Waals surface area (Å²) in [5, 5.41) is 0.584. The van der Waals surface area contributed by atoms with Gasteiger partial charge >= 0.3 is 0 Å². The van der Waals surface area contributed by atoms with Crippen molar-refractivity contribution in [3.05, 3.63) is 48.0 Å². The Labute approximate surface area is 205 Å². The van der Waals surface area contributed by atoms with Crippen LogP contribution in [-0.2, 0) is 9.84 Å². The molecule has 0 saturated heterocycles. The Bertz CT molecular complexity index is 1200. The molecule has 0 aliphatic carbocycles. The first-order chi connectivity index (χ1) is 15.2. The molecule has 0 atom stereocenters. The van der Waals surface area contributed by atoms with Crippen LogP contribution < -0.4 is 9.64 Å². The maximum absolute atomic E-state index is 13.5. The van der Waals surface area contributed by atoms with E-state index in [4.69, 9.17) is 4.74 Å². The molecule has 0 saturated carbocycles. The lowest BCUT2D eigenvalue weighted by Crippen LogP contribution is -2.33. The van der Waals surface area contributed by atoms with Crippen LogP contribution in [-0.4, -0.2) is 63.8 Å². The third-order valence-electron chi connectivity index (χ3n) is 4.94. The zero-order chi connectivity index (χ0) is 23.3. The van der Waals surface area contributed by atoms with Crippen LogP contribution in [0.15, 0.2) is 47.4 Å². The van der Waals surface area contributed by atoms with Crippen LogP contribution in [0.4, 0.5) is 5.13 Å². The summed E-state index contributed by atoms with van der Waals surface area (Å²) in [5.41, 5.74) is 1.12. The number of amides is 1. The van der Waals surface area contributed by atoms with Gasteiger partial charge in [-0.1, -0.05) is 24.3 Å². The van der Waals surface area contributed by atoms with E-state index in [0.29, 0.717) is 23.8 Å². The molecule has 3 aromatic rings. The maximum atomic E-state index is 13.5. The van der Waals surface area contributed by atoms with Gasteiger partial charge in [0.25, 0.3) is 5.91 Å². The summed E-state index contributed by atoms with van der Waals surface area (Å²) in [4.78, 5) is 22.0. The number of rotatable bonds is 10. The van der Waals surface area contributed by atoms with Gasteiger partial charge in [0.1, 0.15) is 5.75 Å². The zero-order valence-electron chi connectivity index (χ0n) is 19.3. The molecule has 1 aromatic heterocycles. The third kappa shape index (κ3) is 6.66. The molecule has 0 fully saturated rings. The van der Waals surface area contributed by atoms with Crippen LogP contribution in [0.5, 0.6) is 5.75 Å². The van der Waals surface area contributed by atoms with Gasteiger partial charge in [0, 0.05) is 12.1 Å². The first kappa shape index (κ1) is 27.0. The number of sulfone groups is 1. The van der Waals surface area contributed by atoms with E-state index in [-0.39, 0.29) is 29.0 Å². The number of aromatic nitrogens is 1. The summed E-state index contributed by atoms with van der Waals surface area (Å²) < 4.78 is 31.1. The van der Waals surface area contributed by atoms with Crippen molar-refractivity contribution in [1.82, 2.24) is 9.88 Å². The summed E-state index contributed by atoms with van der Waals surface area (Å²) in [7, 11) is 0.561. The zero-order valence-corrected chi connectivity index (χ0v) is 21.7. The average molecular weight is 512 g/mol. The van der Waals surface area contributed by atoms with Crippen LogP contribution in [0.25, 0.3) is 10.2 Å². The number of hydrogen-bond acceptors (Lipinski definition) is 7. The lowest BCUT2D eigenvalue weighted by Gasteiger charge is -2.21. The van der Waals surface area contributed by atoms with E-state index in [1.54, 1.807) is 24.0 Å². The predicted molar refractivity (Wildman–Crippen MR) is 137 cm³/mol. The van der Waals surface area contributed by atoms with Crippen molar-refractivity contribution in [3.63, 3.8) is 0 Å². The van der Waals surface area contributed by atoms with Gasteiger partial charge < -0.3 is 9.64 Å². The molecule has 3 rings (SSSR count). The Hall–Kier alpha value is -2.20. The van der Waals surface area contributed by atoms with Crippen molar-refractivity contribution in [2.75, 3.05) is 44.4 Å². The standard InChI is InChI=1S/C23H29N3O4S2.ClH/c1-5-30-18-11-12-20-21(16-18)31-23(24-20)26(14-8-13-25(3)4)22(27)17-9-7-10-19(15-17)32(28,29)6-2;/h7,9-12,15-16H,5-6,8,13-14H2,1-4H3;1H. The Kier molecular flexibility index (Phi) is 9.66. The van der Waals surface area contributed by atoms with Crippen molar-refractivity contribution in [1.29, 1.82) is 0 Å². The van der Waals surface area contributed by atoms with Crippen molar-refractivity contribution in [3.8, 4) is 5.75 Å². The smallest absolute Gasteiger partial charge is 0.260 e. The molecule has 1 amide bonds. The lowest BCUT2D eigenvalue weighted by atomic mass is 10.2. The maximum Gasteiger partial charge on any atom is 0.260 e. The van der Waals surface area contributed by atoms with Crippen molar-refractivity contribution in [2.24, 2.45) is 0 Å². The van der Waals surface area contributed by atoms with E-state index in [1.807, 2.05) is 39.2 Å². The Balaban J connectivity index is 0.00000385. The first-order valence-electron chi connectivity index (χ1n) is 10.6. The van der Waals surface area contributed by atoms with Crippen LogP contribution in [0.3, 0.4) is 0 Å². The van der Waals surface area contributed by atoms with Crippen molar-refractivity contribution in [2.45, 2.75) is 25.2 Å². The summed E-state index contributed by atoms with van der Waals surface area (Å²) in [6.45, 7) is 5.38. The van der Waals surface area contributed by atoms with E-state index in [2.05, 4.69) is 9.88 Å². The number of anilines is 1. The summed E-state index contributed by atoms with van der Waals surface area (Å²) in [6, 6.07) is 11.9. The molecule has 0 aliphatic rings. The molecule has 2 aromatic carbocycles. The number of benzene rings is 2. The molecular weight excluding hydrogens is 482 g/mol. The Morgan fingerprint density at radius 2 is 1.85 bits per heavy atom. The molecule has 180 valence electrons. The molecule has 1 heterocycles. The fraction of sp³-hybridized carbons (Fsp3) is 0.391. The number of carbonyl (C=O) groups excluding carboxylic acids is 1. The number of thiazole rings is 1. The fourth-order valence-corrected chi connectivity index (χ4v) is 5.18. The molecule has 10 heteroatoms. The van der Waals surface area contributed by atoms with Gasteiger partial charge in [-0.3, -0.25) is 9.69 Å². The molecule has 0 bridgehead atoms. The number of ether oxygens (including phenoxy) is 1. The molecule has 33 heavy (non-hydrogen) atoms. The van der Waals surface area contributed by atoms with Gasteiger partial charge in [0.05, 0.1) is 27.5 Å². The van der Waals surface area contributed by atoms with Gasteiger partial charge in [0.15, 0.2) is 15.0 Å². The van der Waals surface area contributed by atoms with Gasteiger partial charge in [-0.15, -0.1) is 12.4 Å². The summed E-state index contributed by atoms with van der Waals surface area (Å²) in [6.07, 6.45) is 0.756. The number of halogens is 1. The minimum atomic E-state index is -3.41. The van der Waals surface area contributed by atoms with Gasteiger partial charge in [-0.2, -0.15) is 0 Å².